The molecule has 0 fully saturated rings. The van der Waals surface area contributed by atoms with Gasteiger partial charge in [-0.1, -0.05) is 31.5 Å². The molecule has 7 heteroatoms. The predicted octanol–water partition coefficient (Wildman–Crippen LogP) is 4.37. The highest BCUT2D eigenvalue weighted by Crippen LogP contribution is 2.46. The molecular weight excluding hydrogens is 444 g/mol. The van der Waals surface area contributed by atoms with Crippen LogP contribution in [0.2, 0.25) is 5.02 Å². The number of rotatable bonds is 4. The third-order valence-corrected chi connectivity index (χ3v) is 6.15. The molecule has 3 aromatic rings. The number of H-pyrrole nitrogens is 1. The minimum atomic E-state index is -0.945. The van der Waals surface area contributed by atoms with Gasteiger partial charge in [-0.3, -0.25) is 5.41 Å². The van der Waals surface area contributed by atoms with Crippen molar-refractivity contribution in [3.63, 3.8) is 0 Å². The van der Waals surface area contributed by atoms with Gasteiger partial charge in [-0.05, 0) is 45.8 Å². The van der Waals surface area contributed by atoms with Crippen LogP contribution in [0.15, 0.2) is 34.8 Å². The zero-order valence-electron chi connectivity index (χ0n) is 15.4. The Morgan fingerprint density at radius 3 is 2.75 bits per heavy atom. The molecule has 0 bridgehead atoms. The molecule has 1 aliphatic carbocycles. The third-order valence-electron chi connectivity index (χ3n) is 5.29. The largest absolute Gasteiger partial charge is 0.490 e. The van der Waals surface area contributed by atoms with Crippen LogP contribution >= 0.6 is 27.5 Å². The van der Waals surface area contributed by atoms with E-state index in [0.29, 0.717) is 21.0 Å². The highest BCUT2D eigenvalue weighted by molar-refractivity contribution is 9.10. The Labute approximate surface area is 175 Å². The molecule has 4 rings (SSSR count). The molecular formula is C21H20BrClN2O3. The van der Waals surface area contributed by atoms with E-state index in [0.717, 1.165) is 33.3 Å². The van der Waals surface area contributed by atoms with E-state index in [1.54, 1.807) is 0 Å². The summed E-state index contributed by atoms with van der Waals surface area (Å²) >= 11 is 9.67. The second kappa shape index (κ2) is 6.88. The lowest BCUT2D eigenvalue weighted by Crippen LogP contribution is -2.30. The van der Waals surface area contributed by atoms with Crippen LogP contribution in [0.5, 0.6) is 5.75 Å². The second-order valence-electron chi connectivity index (χ2n) is 7.54. The standard InChI is InChI=1S/C21H20BrClN2O3/c1-21(2)14-7-17(28-9-11(27)8-26)15(22)6-13(14)19(24)18-12-4-3-10(23)5-16(12)25-20(18)21/h3-7,11,24-27H,8-9H2,1-2H3/t11-/m1/s1. The van der Waals surface area contributed by atoms with Crippen molar-refractivity contribution in [1.29, 1.82) is 5.41 Å². The number of ether oxygens (including phenoxy) is 1. The molecule has 0 saturated heterocycles. The molecule has 1 atom stereocenters. The lowest BCUT2D eigenvalue weighted by molar-refractivity contribution is 0.0533. The molecule has 1 aromatic heterocycles. The summed E-state index contributed by atoms with van der Waals surface area (Å²) in [5.41, 5.74) is 4.60. The molecule has 0 unspecified atom stereocenters. The van der Waals surface area contributed by atoms with Gasteiger partial charge in [0.15, 0.2) is 0 Å². The maximum atomic E-state index is 9.59. The topological polar surface area (TPSA) is 89.3 Å². The molecule has 1 aliphatic rings. The number of fused-ring (bicyclic) bond motifs is 4. The zero-order valence-corrected chi connectivity index (χ0v) is 17.8. The molecule has 1 heterocycles. The lowest BCUT2D eigenvalue weighted by Gasteiger charge is -2.34. The van der Waals surface area contributed by atoms with Crippen LogP contribution in [0.3, 0.4) is 0 Å². The van der Waals surface area contributed by atoms with Crippen LogP contribution in [-0.4, -0.2) is 40.2 Å². The third kappa shape index (κ3) is 2.95. The van der Waals surface area contributed by atoms with Gasteiger partial charge in [-0.2, -0.15) is 0 Å². The number of hydrogen-bond acceptors (Lipinski definition) is 4. The molecule has 4 N–H and O–H groups in total. The van der Waals surface area contributed by atoms with Crippen molar-refractivity contribution in [2.45, 2.75) is 25.4 Å². The summed E-state index contributed by atoms with van der Waals surface area (Å²) in [5, 5.41) is 29.1. The first-order chi connectivity index (χ1) is 13.2. The van der Waals surface area contributed by atoms with E-state index >= 15 is 0 Å². The number of nitrogens with one attached hydrogen (secondary N) is 2. The predicted molar refractivity (Wildman–Crippen MR) is 114 cm³/mol. The number of hydrogen-bond donors (Lipinski definition) is 4. The Bertz CT molecular complexity index is 1110. The van der Waals surface area contributed by atoms with Crippen molar-refractivity contribution in [3.8, 4) is 5.75 Å². The summed E-state index contributed by atoms with van der Waals surface area (Å²) in [5.74, 6) is 0.565. The smallest absolute Gasteiger partial charge is 0.133 e. The highest BCUT2D eigenvalue weighted by atomic mass is 79.9. The first kappa shape index (κ1) is 19.5. The molecule has 0 aliphatic heterocycles. The Morgan fingerprint density at radius 1 is 1.29 bits per heavy atom. The van der Waals surface area contributed by atoms with Gasteiger partial charge in [0.2, 0.25) is 0 Å². The van der Waals surface area contributed by atoms with Gasteiger partial charge >= 0.3 is 0 Å². The van der Waals surface area contributed by atoms with Gasteiger partial charge in [-0.15, -0.1) is 0 Å². The van der Waals surface area contributed by atoms with Gasteiger partial charge < -0.3 is 19.9 Å². The van der Waals surface area contributed by atoms with Crippen molar-refractivity contribution >= 4 is 44.1 Å². The monoisotopic (exact) mass is 462 g/mol. The van der Waals surface area contributed by atoms with Crippen LogP contribution in [0.1, 0.15) is 36.2 Å². The van der Waals surface area contributed by atoms with E-state index in [9.17, 15) is 5.11 Å². The quantitative estimate of drug-likeness (QED) is 0.463. The fourth-order valence-corrected chi connectivity index (χ4v) is 4.42. The van der Waals surface area contributed by atoms with Crippen LogP contribution in [0.4, 0.5) is 0 Å². The van der Waals surface area contributed by atoms with Gasteiger partial charge in [-0.25, -0.2) is 0 Å². The molecule has 0 spiro atoms. The Kier molecular flexibility index (Phi) is 4.78. The lowest BCUT2D eigenvalue weighted by atomic mass is 9.71. The van der Waals surface area contributed by atoms with Crippen LogP contribution in [0.25, 0.3) is 10.9 Å². The van der Waals surface area contributed by atoms with Crippen LogP contribution < -0.4 is 4.74 Å². The van der Waals surface area contributed by atoms with E-state index in [1.165, 1.54) is 0 Å². The van der Waals surface area contributed by atoms with Crippen LogP contribution in [-0.2, 0) is 5.41 Å². The first-order valence-electron chi connectivity index (χ1n) is 8.90. The summed E-state index contributed by atoms with van der Waals surface area (Å²) in [7, 11) is 0. The number of benzene rings is 2. The summed E-state index contributed by atoms with van der Waals surface area (Å²) in [6.45, 7) is 3.84. The van der Waals surface area contributed by atoms with Crippen LogP contribution in [0, 0.1) is 5.41 Å². The molecule has 5 nitrogen and oxygen atoms in total. The number of aromatic nitrogens is 1. The summed E-state index contributed by atoms with van der Waals surface area (Å²) in [6, 6.07) is 9.46. The van der Waals surface area contributed by atoms with Crippen molar-refractivity contribution in [3.05, 3.63) is 62.2 Å². The highest BCUT2D eigenvalue weighted by Gasteiger charge is 2.38. The van der Waals surface area contributed by atoms with Gasteiger partial charge in [0, 0.05) is 38.2 Å². The van der Waals surface area contributed by atoms with E-state index in [1.807, 2.05) is 30.3 Å². The molecule has 0 saturated carbocycles. The fourth-order valence-electron chi connectivity index (χ4n) is 3.79. The molecule has 28 heavy (non-hydrogen) atoms. The molecule has 2 aromatic carbocycles. The molecule has 0 radical (unpaired) electrons. The zero-order chi connectivity index (χ0) is 20.2. The van der Waals surface area contributed by atoms with E-state index in [-0.39, 0.29) is 13.2 Å². The Morgan fingerprint density at radius 2 is 2.04 bits per heavy atom. The Hall–Kier alpha value is -1.86. The number of halogens is 2. The number of aromatic amines is 1. The minimum Gasteiger partial charge on any atom is -0.490 e. The summed E-state index contributed by atoms with van der Waals surface area (Å²) in [4.78, 5) is 3.46. The normalized spacial score (nSPS) is 16.0. The van der Waals surface area contributed by atoms with Crippen molar-refractivity contribution in [2.24, 2.45) is 0 Å². The van der Waals surface area contributed by atoms with Gasteiger partial charge in [0.25, 0.3) is 0 Å². The van der Waals surface area contributed by atoms with E-state index < -0.39 is 11.5 Å². The minimum absolute atomic E-state index is 0.0120. The molecule has 146 valence electrons. The van der Waals surface area contributed by atoms with Gasteiger partial charge in [0.1, 0.15) is 18.5 Å². The number of aliphatic hydroxyl groups is 2. The van der Waals surface area contributed by atoms with E-state index in [4.69, 9.17) is 26.9 Å². The first-order valence-corrected chi connectivity index (χ1v) is 10.1. The molecule has 0 amide bonds. The maximum absolute atomic E-state index is 9.59. The summed E-state index contributed by atoms with van der Waals surface area (Å²) in [6.07, 6.45) is -0.945. The summed E-state index contributed by atoms with van der Waals surface area (Å²) < 4.78 is 6.39. The number of aliphatic hydroxyl groups excluding tert-OH is 2. The van der Waals surface area contributed by atoms with Crippen molar-refractivity contribution < 1.29 is 14.9 Å². The van der Waals surface area contributed by atoms with Crippen molar-refractivity contribution in [2.75, 3.05) is 13.2 Å². The van der Waals surface area contributed by atoms with E-state index in [2.05, 4.69) is 34.8 Å². The SMILES string of the molecule is CC1(C)c2cc(OC[C@H](O)CO)c(Br)cc2C(=N)c2c1[nH]c1cc(Cl)ccc21. The van der Waals surface area contributed by atoms with Crippen molar-refractivity contribution in [1.82, 2.24) is 4.98 Å². The average molecular weight is 464 g/mol. The maximum Gasteiger partial charge on any atom is 0.133 e. The second-order valence-corrected chi connectivity index (χ2v) is 8.83. The van der Waals surface area contributed by atoms with Gasteiger partial charge in [0.05, 0.1) is 16.8 Å². The fraction of sp³-hybridized carbons (Fsp3) is 0.286. The average Bonchev–Trinajstić information content (AvgIpc) is 3.04. The Balaban J connectivity index is 1.87.